The fourth-order valence-corrected chi connectivity index (χ4v) is 2.78. The van der Waals surface area contributed by atoms with Crippen molar-refractivity contribution >= 4 is 11.8 Å². The highest BCUT2D eigenvalue weighted by Crippen LogP contribution is 2.23. The van der Waals surface area contributed by atoms with Gasteiger partial charge >= 0.3 is 0 Å². The molecule has 3 rings (SSSR count). The van der Waals surface area contributed by atoms with Gasteiger partial charge in [0.2, 0.25) is 5.95 Å². The summed E-state index contributed by atoms with van der Waals surface area (Å²) in [6.07, 6.45) is 5.12. The van der Waals surface area contributed by atoms with Crippen molar-refractivity contribution in [3.05, 3.63) is 24.2 Å². The molecule has 3 heterocycles. The van der Waals surface area contributed by atoms with Gasteiger partial charge in [0, 0.05) is 26.2 Å². The smallest absolute Gasteiger partial charge is 0.227 e. The minimum Gasteiger partial charge on any atom is -0.354 e. The van der Waals surface area contributed by atoms with Crippen LogP contribution < -0.4 is 9.80 Å². The van der Waals surface area contributed by atoms with E-state index in [1.807, 2.05) is 21.4 Å². The molecule has 2 aromatic heterocycles. The maximum Gasteiger partial charge on any atom is 0.227 e. The Kier molecular flexibility index (Phi) is 4.40. The zero-order chi connectivity index (χ0) is 16.4. The highest BCUT2D eigenvalue weighted by atomic mass is 19.1. The van der Waals surface area contributed by atoms with E-state index < -0.39 is 0 Å². The first-order valence-electron chi connectivity index (χ1n) is 7.93. The van der Waals surface area contributed by atoms with Gasteiger partial charge in [-0.25, -0.2) is 9.37 Å². The van der Waals surface area contributed by atoms with Gasteiger partial charge in [0.05, 0.1) is 12.7 Å². The average molecular weight is 319 g/mol. The van der Waals surface area contributed by atoms with Gasteiger partial charge in [-0.05, 0) is 26.7 Å². The number of rotatable bonds is 5. The van der Waals surface area contributed by atoms with Crippen LogP contribution in [0.15, 0.2) is 12.5 Å². The van der Waals surface area contributed by atoms with E-state index in [9.17, 15) is 4.39 Å². The van der Waals surface area contributed by atoms with Crippen LogP contribution in [0.5, 0.6) is 0 Å². The highest BCUT2D eigenvalue weighted by molar-refractivity contribution is 5.45. The molecule has 0 unspecified atom stereocenters. The number of halogens is 1. The monoisotopic (exact) mass is 319 g/mol. The summed E-state index contributed by atoms with van der Waals surface area (Å²) in [4.78, 5) is 12.4. The molecule has 0 bridgehead atoms. The number of nitrogens with zero attached hydrogens (tertiary/aromatic N) is 7. The standard InChI is InChI=1S/C15H22FN7/c1-11(2)23-10-18-20-13(23)9-21(3)15-17-8-12(16)14(19-15)22-6-4-5-7-22/h8,10-11H,4-7,9H2,1-3H3. The molecule has 1 saturated heterocycles. The Hall–Kier alpha value is -2.25. The van der Waals surface area contributed by atoms with Crippen molar-refractivity contribution in [2.45, 2.75) is 39.3 Å². The first-order chi connectivity index (χ1) is 11.1. The van der Waals surface area contributed by atoms with Gasteiger partial charge in [0.25, 0.3) is 0 Å². The third-order valence-electron chi connectivity index (χ3n) is 4.04. The molecule has 0 atom stereocenters. The van der Waals surface area contributed by atoms with Crippen molar-refractivity contribution in [2.24, 2.45) is 0 Å². The number of aromatic nitrogens is 5. The molecule has 2 aromatic rings. The lowest BCUT2D eigenvalue weighted by Gasteiger charge is -2.21. The van der Waals surface area contributed by atoms with E-state index in [0.29, 0.717) is 18.3 Å². The first-order valence-corrected chi connectivity index (χ1v) is 7.93. The Balaban J connectivity index is 1.80. The minimum atomic E-state index is -0.366. The van der Waals surface area contributed by atoms with Crippen LogP contribution in [0.3, 0.4) is 0 Å². The molecule has 8 heteroatoms. The Morgan fingerprint density at radius 1 is 1.30 bits per heavy atom. The Labute approximate surface area is 135 Å². The Morgan fingerprint density at radius 3 is 2.74 bits per heavy atom. The first kappa shape index (κ1) is 15.6. The average Bonchev–Trinajstić information content (AvgIpc) is 3.18. The molecule has 0 amide bonds. The van der Waals surface area contributed by atoms with Gasteiger partial charge in [0.1, 0.15) is 6.33 Å². The van der Waals surface area contributed by atoms with E-state index in [1.54, 1.807) is 6.33 Å². The van der Waals surface area contributed by atoms with E-state index in [1.165, 1.54) is 6.20 Å². The molecular weight excluding hydrogens is 297 g/mol. The number of hydrogen-bond acceptors (Lipinski definition) is 6. The van der Waals surface area contributed by atoms with Crippen LogP contribution in [-0.2, 0) is 6.54 Å². The number of anilines is 2. The van der Waals surface area contributed by atoms with E-state index in [2.05, 4.69) is 34.0 Å². The predicted octanol–water partition coefficient (Wildman–Crippen LogP) is 2.02. The SMILES string of the molecule is CC(C)n1cnnc1CN(C)c1ncc(F)c(N2CCCC2)n1. The van der Waals surface area contributed by atoms with E-state index in [0.717, 1.165) is 31.8 Å². The minimum absolute atomic E-state index is 0.280. The lowest BCUT2D eigenvalue weighted by atomic mass is 10.4. The van der Waals surface area contributed by atoms with Gasteiger partial charge in [-0.1, -0.05) is 0 Å². The quantitative estimate of drug-likeness (QED) is 0.840. The van der Waals surface area contributed by atoms with Crippen molar-refractivity contribution in [3.63, 3.8) is 0 Å². The Morgan fingerprint density at radius 2 is 2.04 bits per heavy atom. The summed E-state index contributed by atoms with van der Waals surface area (Å²) in [6.45, 7) is 6.36. The fourth-order valence-electron chi connectivity index (χ4n) is 2.78. The molecule has 0 spiro atoms. The molecule has 1 aliphatic heterocycles. The van der Waals surface area contributed by atoms with E-state index >= 15 is 0 Å². The summed E-state index contributed by atoms with van der Waals surface area (Å²) in [7, 11) is 1.88. The molecule has 7 nitrogen and oxygen atoms in total. The lowest BCUT2D eigenvalue weighted by Crippen LogP contribution is -2.25. The van der Waals surface area contributed by atoms with E-state index in [4.69, 9.17) is 0 Å². The van der Waals surface area contributed by atoms with Crippen LogP contribution in [-0.4, -0.2) is 44.9 Å². The third-order valence-corrected chi connectivity index (χ3v) is 4.04. The normalized spacial score (nSPS) is 14.7. The summed E-state index contributed by atoms with van der Waals surface area (Å²) >= 11 is 0. The zero-order valence-electron chi connectivity index (χ0n) is 13.8. The Bertz CT molecular complexity index is 664. The second kappa shape index (κ2) is 6.47. The maximum absolute atomic E-state index is 14.0. The topological polar surface area (TPSA) is 63.0 Å². The van der Waals surface area contributed by atoms with Crippen LogP contribution in [0, 0.1) is 5.82 Å². The van der Waals surface area contributed by atoms with Crippen molar-refractivity contribution in [3.8, 4) is 0 Å². The van der Waals surface area contributed by atoms with Crippen molar-refractivity contribution in [2.75, 3.05) is 29.9 Å². The molecule has 1 aliphatic rings. The van der Waals surface area contributed by atoms with E-state index in [-0.39, 0.29) is 11.9 Å². The second-order valence-electron chi connectivity index (χ2n) is 6.14. The molecule has 0 radical (unpaired) electrons. The highest BCUT2D eigenvalue weighted by Gasteiger charge is 2.20. The van der Waals surface area contributed by atoms with Crippen LogP contribution in [0.4, 0.5) is 16.2 Å². The van der Waals surface area contributed by atoms with Gasteiger partial charge in [-0.2, -0.15) is 4.98 Å². The van der Waals surface area contributed by atoms with Crippen LogP contribution in [0.25, 0.3) is 0 Å². The summed E-state index contributed by atoms with van der Waals surface area (Å²) < 4.78 is 16.0. The van der Waals surface area contributed by atoms with Crippen LogP contribution in [0.2, 0.25) is 0 Å². The molecule has 1 fully saturated rings. The summed E-state index contributed by atoms with van der Waals surface area (Å²) in [5.41, 5.74) is 0. The number of hydrogen-bond donors (Lipinski definition) is 0. The van der Waals surface area contributed by atoms with Gasteiger partial charge in [-0.3, -0.25) is 0 Å². The molecule has 0 aromatic carbocycles. The molecule has 124 valence electrons. The third kappa shape index (κ3) is 3.25. The second-order valence-corrected chi connectivity index (χ2v) is 6.14. The van der Waals surface area contributed by atoms with Crippen molar-refractivity contribution in [1.82, 2.24) is 24.7 Å². The lowest BCUT2D eigenvalue weighted by molar-refractivity contribution is 0.562. The largest absolute Gasteiger partial charge is 0.354 e. The molecule has 0 saturated carbocycles. The van der Waals surface area contributed by atoms with Gasteiger partial charge in [0.15, 0.2) is 17.5 Å². The molecule has 23 heavy (non-hydrogen) atoms. The summed E-state index contributed by atoms with van der Waals surface area (Å²) in [6, 6.07) is 0.280. The zero-order valence-corrected chi connectivity index (χ0v) is 13.8. The molecule has 0 aliphatic carbocycles. The van der Waals surface area contributed by atoms with Crippen molar-refractivity contribution < 1.29 is 4.39 Å². The summed E-state index contributed by atoms with van der Waals surface area (Å²) in [5, 5.41) is 8.11. The van der Waals surface area contributed by atoms with Gasteiger partial charge < -0.3 is 14.4 Å². The van der Waals surface area contributed by atoms with Crippen LogP contribution in [0.1, 0.15) is 38.6 Å². The van der Waals surface area contributed by atoms with Crippen molar-refractivity contribution in [1.29, 1.82) is 0 Å². The molecular formula is C15H22FN7. The fraction of sp³-hybridized carbons (Fsp3) is 0.600. The predicted molar refractivity (Wildman–Crippen MR) is 86.0 cm³/mol. The maximum atomic E-state index is 14.0. The summed E-state index contributed by atoms with van der Waals surface area (Å²) in [5.74, 6) is 1.35. The van der Waals surface area contributed by atoms with Crippen LogP contribution >= 0.6 is 0 Å². The molecule has 0 N–H and O–H groups in total. The van der Waals surface area contributed by atoms with Gasteiger partial charge in [-0.15, -0.1) is 10.2 Å².